The molecule has 0 unspecified atom stereocenters. The molecule has 2 amide bonds. The van der Waals surface area contributed by atoms with Gasteiger partial charge in [-0.05, 0) is 76.3 Å². The summed E-state index contributed by atoms with van der Waals surface area (Å²) in [5.41, 5.74) is 1.39. The van der Waals surface area contributed by atoms with Gasteiger partial charge in [0.2, 0.25) is 0 Å². The molecule has 0 atom stereocenters. The number of hydrogen-bond acceptors (Lipinski definition) is 5. The van der Waals surface area contributed by atoms with Crippen LogP contribution in [0.15, 0.2) is 35.9 Å². The van der Waals surface area contributed by atoms with E-state index in [1.165, 1.54) is 13.2 Å². The summed E-state index contributed by atoms with van der Waals surface area (Å²) in [5, 5.41) is 5.69. The number of carbonyl (C=O) groups is 2. The highest BCUT2D eigenvalue weighted by molar-refractivity contribution is 14.1. The number of rotatable bonds is 5. The Morgan fingerprint density at radius 2 is 1.79 bits per heavy atom. The van der Waals surface area contributed by atoms with Crippen molar-refractivity contribution in [3.05, 3.63) is 60.6 Å². The van der Waals surface area contributed by atoms with E-state index in [1.54, 1.807) is 24.3 Å². The second kappa shape index (κ2) is 9.29. The lowest BCUT2D eigenvalue weighted by atomic mass is 10.1. The normalized spacial score (nSPS) is 13.7. The Balaban J connectivity index is 1.86. The van der Waals surface area contributed by atoms with Gasteiger partial charge < -0.3 is 9.47 Å². The first-order valence-electron chi connectivity index (χ1n) is 8.11. The Bertz CT molecular complexity index is 1040. The molecule has 0 aromatic heterocycles. The van der Waals surface area contributed by atoms with E-state index in [0.717, 1.165) is 9.13 Å². The maximum Gasteiger partial charge on any atom is 0.263 e. The third kappa shape index (κ3) is 5.19. The van der Waals surface area contributed by atoms with Crippen LogP contribution < -0.4 is 20.1 Å². The van der Waals surface area contributed by atoms with Crippen LogP contribution in [0.2, 0.25) is 10.0 Å². The van der Waals surface area contributed by atoms with Gasteiger partial charge in [-0.3, -0.25) is 20.2 Å². The molecule has 29 heavy (non-hydrogen) atoms. The van der Waals surface area contributed by atoms with E-state index in [9.17, 15) is 9.59 Å². The zero-order chi connectivity index (χ0) is 21.1. The summed E-state index contributed by atoms with van der Waals surface area (Å²) in [6.45, 7) is 0.256. The highest BCUT2D eigenvalue weighted by Crippen LogP contribution is 2.35. The summed E-state index contributed by atoms with van der Waals surface area (Å²) in [6.07, 6.45) is 1.46. The summed E-state index contributed by atoms with van der Waals surface area (Å²) >= 11 is 18.9. The van der Waals surface area contributed by atoms with Crippen molar-refractivity contribution in [3.8, 4) is 11.5 Å². The first-order valence-corrected chi connectivity index (χ1v) is 10.4. The van der Waals surface area contributed by atoms with E-state index in [0.29, 0.717) is 27.1 Å². The quantitative estimate of drug-likeness (QED) is 0.248. The lowest BCUT2D eigenvalue weighted by Gasteiger charge is -2.17. The molecule has 2 aromatic carbocycles. The average Bonchev–Trinajstić information content (AvgIpc) is 2.66. The first kappa shape index (κ1) is 21.8. The van der Waals surface area contributed by atoms with Crippen molar-refractivity contribution in [1.29, 1.82) is 0 Å². The lowest BCUT2D eigenvalue weighted by Crippen LogP contribution is -2.51. The topological polar surface area (TPSA) is 76.7 Å². The number of carbonyl (C=O) groups excluding carboxylic acids is 2. The van der Waals surface area contributed by atoms with Gasteiger partial charge in [-0.1, -0.05) is 29.3 Å². The van der Waals surface area contributed by atoms with Crippen molar-refractivity contribution < 1.29 is 19.1 Å². The highest BCUT2D eigenvalue weighted by atomic mass is 127. The Hall–Kier alpha value is -1.88. The molecular weight excluding hydrogens is 550 g/mol. The third-order valence-corrected chi connectivity index (χ3v) is 5.62. The lowest BCUT2D eigenvalue weighted by molar-refractivity contribution is -0.123. The summed E-state index contributed by atoms with van der Waals surface area (Å²) in [5.74, 6) is -0.142. The average molecular weight is 563 g/mol. The Kier molecular flexibility index (Phi) is 6.99. The number of methoxy groups -OCH3 is 1. The molecular formula is C19H13Cl2IN2O4S. The molecule has 0 spiro atoms. The minimum Gasteiger partial charge on any atom is -0.493 e. The second-order valence-corrected chi connectivity index (χ2v) is 8.25. The van der Waals surface area contributed by atoms with Gasteiger partial charge in [0.25, 0.3) is 11.8 Å². The number of ether oxygens (including phenoxy) is 2. The molecule has 3 rings (SSSR count). The first-order chi connectivity index (χ1) is 13.8. The maximum atomic E-state index is 12.0. The molecule has 1 saturated heterocycles. The molecule has 0 aliphatic carbocycles. The molecule has 2 aromatic rings. The standard InChI is InChI=1S/C19H13Cl2IN2O4S/c1-27-15-7-10(4-11-17(25)23-19(29)24-18(11)26)6-14(22)16(15)28-8-9-2-3-12(20)13(21)5-9/h2-7H,8H2,1H3,(H2,23,24,25,26,29). The molecule has 10 heteroatoms. The molecule has 0 saturated carbocycles. The van der Waals surface area contributed by atoms with E-state index in [2.05, 4.69) is 33.2 Å². The van der Waals surface area contributed by atoms with Crippen LogP contribution in [0, 0.1) is 3.57 Å². The predicted octanol–water partition coefficient (Wildman–Crippen LogP) is 4.10. The van der Waals surface area contributed by atoms with Crippen molar-refractivity contribution in [3.63, 3.8) is 0 Å². The minimum atomic E-state index is -0.562. The van der Waals surface area contributed by atoms with Gasteiger partial charge in [-0.2, -0.15) is 0 Å². The molecule has 1 aliphatic rings. The van der Waals surface area contributed by atoms with Crippen molar-refractivity contribution in [2.75, 3.05) is 7.11 Å². The molecule has 0 radical (unpaired) electrons. The number of hydrogen-bond donors (Lipinski definition) is 2. The van der Waals surface area contributed by atoms with Gasteiger partial charge in [0.15, 0.2) is 16.6 Å². The van der Waals surface area contributed by atoms with Gasteiger partial charge in [0, 0.05) is 0 Å². The summed E-state index contributed by atoms with van der Waals surface area (Å²) < 4.78 is 12.1. The van der Waals surface area contributed by atoms with Crippen LogP contribution in [-0.2, 0) is 16.2 Å². The Labute approximate surface area is 195 Å². The van der Waals surface area contributed by atoms with E-state index in [-0.39, 0.29) is 17.3 Å². The number of thiocarbonyl (C=S) groups is 1. The number of benzene rings is 2. The zero-order valence-corrected chi connectivity index (χ0v) is 19.3. The molecule has 6 nitrogen and oxygen atoms in total. The van der Waals surface area contributed by atoms with Crippen LogP contribution in [0.3, 0.4) is 0 Å². The fraction of sp³-hybridized carbons (Fsp3) is 0.105. The molecule has 1 heterocycles. The third-order valence-electron chi connectivity index (χ3n) is 3.87. The van der Waals surface area contributed by atoms with Gasteiger partial charge in [0.05, 0.1) is 20.7 Å². The van der Waals surface area contributed by atoms with E-state index in [1.807, 2.05) is 6.07 Å². The van der Waals surface area contributed by atoms with E-state index >= 15 is 0 Å². The van der Waals surface area contributed by atoms with Gasteiger partial charge in [-0.15, -0.1) is 0 Å². The number of halogens is 3. The Morgan fingerprint density at radius 1 is 1.10 bits per heavy atom. The van der Waals surface area contributed by atoms with Gasteiger partial charge >= 0.3 is 0 Å². The Morgan fingerprint density at radius 3 is 2.41 bits per heavy atom. The van der Waals surface area contributed by atoms with Crippen molar-refractivity contribution in [2.24, 2.45) is 0 Å². The number of nitrogens with one attached hydrogen (secondary N) is 2. The molecule has 2 N–H and O–H groups in total. The van der Waals surface area contributed by atoms with Gasteiger partial charge in [0.1, 0.15) is 12.2 Å². The van der Waals surface area contributed by atoms with Crippen molar-refractivity contribution in [2.45, 2.75) is 6.61 Å². The van der Waals surface area contributed by atoms with Gasteiger partial charge in [-0.25, -0.2) is 0 Å². The molecule has 1 fully saturated rings. The van der Waals surface area contributed by atoms with Crippen LogP contribution in [0.1, 0.15) is 11.1 Å². The minimum absolute atomic E-state index is 0.0182. The molecule has 0 bridgehead atoms. The highest BCUT2D eigenvalue weighted by Gasteiger charge is 2.26. The van der Waals surface area contributed by atoms with Crippen LogP contribution >= 0.6 is 58.0 Å². The largest absolute Gasteiger partial charge is 0.493 e. The fourth-order valence-electron chi connectivity index (χ4n) is 2.52. The zero-order valence-electron chi connectivity index (χ0n) is 14.8. The van der Waals surface area contributed by atoms with E-state index < -0.39 is 11.8 Å². The number of amides is 2. The molecule has 1 aliphatic heterocycles. The summed E-state index contributed by atoms with van der Waals surface area (Å²) in [6, 6.07) is 8.69. The second-order valence-electron chi connectivity index (χ2n) is 5.87. The fourth-order valence-corrected chi connectivity index (χ4v) is 3.81. The summed E-state index contributed by atoms with van der Waals surface area (Å²) in [4.78, 5) is 24.1. The van der Waals surface area contributed by atoms with Crippen molar-refractivity contribution in [1.82, 2.24) is 10.6 Å². The van der Waals surface area contributed by atoms with Crippen LogP contribution in [0.25, 0.3) is 6.08 Å². The van der Waals surface area contributed by atoms with Crippen LogP contribution in [0.4, 0.5) is 0 Å². The monoisotopic (exact) mass is 562 g/mol. The smallest absolute Gasteiger partial charge is 0.263 e. The maximum absolute atomic E-state index is 12.0. The SMILES string of the molecule is COc1cc(C=C2C(=O)NC(=S)NC2=O)cc(I)c1OCc1ccc(Cl)c(Cl)c1. The predicted molar refractivity (Wildman–Crippen MR) is 123 cm³/mol. The van der Waals surface area contributed by atoms with Crippen molar-refractivity contribution >= 4 is 81.0 Å². The van der Waals surface area contributed by atoms with Crippen LogP contribution in [-0.4, -0.2) is 24.0 Å². The van der Waals surface area contributed by atoms with E-state index in [4.69, 9.17) is 44.9 Å². The summed E-state index contributed by atoms with van der Waals surface area (Å²) in [7, 11) is 1.51. The molecule has 150 valence electrons. The van der Waals surface area contributed by atoms with Crippen LogP contribution in [0.5, 0.6) is 11.5 Å².